The van der Waals surface area contributed by atoms with Crippen LogP contribution in [-0.4, -0.2) is 61.1 Å². The van der Waals surface area contributed by atoms with E-state index in [1.807, 2.05) is 36.4 Å². The third-order valence-corrected chi connectivity index (χ3v) is 7.16. The molecule has 2 aromatic carbocycles. The summed E-state index contributed by atoms with van der Waals surface area (Å²) in [5.74, 6) is -0.0605. The third kappa shape index (κ3) is 6.08. The Kier molecular flexibility index (Phi) is 8.06. The van der Waals surface area contributed by atoms with E-state index in [2.05, 4.69) is 56.9 Å². The summed E-state index contributed by atoms with van der Waals surface area (Å²) in [6.45, 7) is 7.09. The number of benzene rings is 2. The van der Waals surface area contributed by atoms with Crippen molar-refractivity contribution in [3.63, 3.8) is 0 Å². The lowest BCUT2D eigenvalue weighted by molar-refractivity contribution is -0.127. The maximum atomic E-state index is 13.2. The molecular formula is C27H37N5O2. The minimum absolute atomic E-state index is 0.0605. The van der Waals surface area contributed by atoms with Crippen LogP contribution in [0.2, 0.25) is 0 Å². The van der Waals surface area contributed by atoms with Crippen LogP contribution in [-0.2, 0) is 11.3 Å². The molecule has 0 bridgehead atoms. The zero-order valence-electron chi connectivity index (χ0n) is 20.1. The summed E-state index contributed by atoms with van der Waals surface area (Å²) in [4.78, 5) is 30.7. The largest absolute Gasteiger partial charge is 0.369 e. The maximum Gasteiger partial charge on any atom is 0.315 e. The molecule has 4 rings (SSSR count). The second-order valence-electron chi connectivity index (χ2n) is 9.50. The predicted molar refractivity (Wildman–Crippen MR) is 136 cm³/mol. The van der Waals surface area contributed by atoms with Crippen LogP contribution in [0.15, 0.2) is 60.7 Å². The Morgan fingerprint density at radius 3 is 2.15 bits per heavy atom. The SMILES string of the molecule is CC(CNC(=O)C1(NC(=O)NCc2ccccc2)CCCC1)N1CCN(c2ccccc2)CC1. The minimum atomic E-state index is -0.813. The van der Waals surface area contributed by atoms with Gasteiger partial charge in [0.2, 0.25) is 5.91 Å². The third-order valence-electron chi connectivity index (χ3n) is 7.16. The first-order valence-corrected chi connectivity index (χ1v) is 12.5. The summed E-state index contributed by atoms with van der Waals surface area (Å²) in [5, 5.41) is 9.05. The smallest absolute Gasteiger partial charge is 0.315 e. The van der Waals surface area contributed by atoms with E-state index in [1.54, 1.807) is 0 Å². The summed E-state index contributed by atoms with van der Waals surface area (Å²) in [6, 6.07) is 20.3. The van der Waals surface area contributed by atoms with Crippen LogP contribution in [0.5, 0.6) is 0 Å². The number of anilines is 1. The molecule has 1 saturated carbocycles. The van der Waals surface area contributed by atoms with E-state index in [4.69, 9.17) is 0 Å². The highest BCUT2D eigenvalue weighted by Crippen LogP contribution is 2.30. The zero-order valence-corrected chi connectivity index (χ0v) is 20.1. The number of rotatable bonds is 8. The number of carbonyl (C=O) groups excluding carboxylic acids is 2. The molecule has 0 spiro atoms. The fraction of sp³-hybridized carbons (Fsp3) is 0.481. The van der Waals surface area contributed by atoms with E-state index in [0.717, 1.165) is 44.6 Å². The fourth-order valence-electron chi connectivity index (χ4n) is 5.03. The van der Waals surface area contributed by atoms with Crippen molar-refractivity contribution in [2.75, 3.05) is 37.6 Å². The van der Waals surface area contributed by atoms with Crippen LogP contribution in [0.3, 0.4) is 0 Å². The Labute approximate surface area is 202 Å². The molecule has 2 aromatic rings. The van der Waals surface area contributed by atoms with Gasteiger partial charge in [0.25, 0.3) is 0 Å². The molecule has 34 heavy (non-hydrogen) atoms. The fourth-order valence-corrected chi connectivity index (χ4v) is 5.03. The van der Waals surface area contributed by atoms with Gasteiger partial charge in [-0.2, -0.15) is 0 Å². The van der Waals surface area contributed by atoms with Crippen LogP contribution < -0.4 is 20.9 Å². The lowest BCUT2D eigenvalue weighted by Crippen LogP contribution is -2.60. The number of carbonyl (C=O) groups is 2. The monoisotopic (exact) mass is 463 g/mol. The second-order valence-corrected chi connectivity index (χ2v) is 9.50. The van der Waals surface area contributed by atoms with Crippen molar-refractivity contribution in [1.29, 1.82) is 0 Å². The van der Waals surface area contributed by atoms with Crippen molar-refractivity contribution in [3.05, 3.63) is 66.2 Å². The van der Waals surface area contributed by atoms with Gasteiger partial charge in [-0.05, 0) is 37.5 Å². The predicted octanol–water partition coefficient (Wildman–Crippen LogP) is 3.13. The van der Waals surface area contributed by atoms with Crippen LogP contribution in [0.4, 0.5) is 10.5 Å². The molecule has 3 amide bonds. The van der Waals surface area contributed by atoms with Gasteiger partial charge >= 0.3 is 6.03 Å². The first-order valence-electron chi connectivity index (χ1n) is 12.5. The molecule has 0 aromatic heterocycles. The summed E-state index contributed by atoms with van der Waals surface area (Å²) in [7, 11) is 0. The van der Waals surface area contributed by atoms with Crippen LogP contribution >= 0.6 is 0 Å². The highest BCUT2D eigenvalue weighted by molar-refractivity contribution is 5.91. The quantitative estimate of drug-likeness (QED) is 0.562. The van der Waals surface area contributed by atoms with Crippen molar-refractivity contribution in [2.45, 2.75) is 50.7 Å². The molecule has 1 atom stereocenters. The Morgan fingerprint density at radius 2 is 1.50 bits per heavy atom. The molecule has 7 heteroatoms. The van der Waals surface area contributed by atoms with Crippen molar-refractivity contribution >= 4 is 17.6 Å². The van der Waals surface area contributed by atoms with Gasteiger partial charge in [0.15, 0.2) is 0 Å². The Bertz CT molecular complexity index is 923. The van der Waals surface area contributed by atoms with Crippen molar-refractivity contribution in [1.82, 2.24) is 20.9 Å². The molecule has 1 aliphatic heterocycles. The van der Waals surface area contributed by atoms with E-state index in [0.29, 0.717) is 25.9 Å². The van der Waals surface area contributed by atoms with Gasteiger partial charge < -0.3 is 20.9 Å². The van der Waals surface area contributed by atoms with E-state index >= 15 is 0 Å². The zero-order chi connectivity index (χ0) is 23.8. The number of piperazine rings is 1. The molecule has 2 aliphatic rings. The molecule has 2 fully saturated rings. The number of urea groups is 1. The molecule has 0 radical (unpaired) electrons. The van der Waals surface area contributed by atoms with Gasteiger partial charge in [-0.15, -0.1) is 0 Å². The summed E-state index contributed by atoms with van der Waals surface area (Å²) in [5.41, 5.74) is 1.48. The summed E-state index contributed by atoms with van der Waals surface area (Å²) < 4.78 is 0. The van der Waals surface area contributed by atoms with Crippen molar-refractivity contribution in [3.8, 4) is 0 Å². The first-order chi connectivity index (χ1) is 16.6. The van der Waals surface area contributed by atoms with Gasteiger partial charge in [0.05, 0.1) is 0 Å². The Morgan fingerprint density at radius 1 is 0.882 bits per heavy atom. The molecule has 3 N–H and O–H groups in total. The van der Waals surface area contributed by atoms with E-state index < -0.39 is 5.54 Å². The number of nitrogens with one attached hydrogen (secondary N) is 3. The lowest BCUT2D eigenvalue weighted by atomic mass is 9.96. The second kappa shape index (κ2) is 11.4. The van der Waals surface area contributed by atoms with Crippen molar-refractivity contribution in [2.24, 2.45) is 0 Å². The highest BCUT2D eigenvalue weighted by atomic mass is 16.2. The number of para-hydroxylation sites is 1. The number of hydrogen-bond donors (Lipinski definition) is 3. The topological polar surface area (TPSA) is 76.7 Å². The lowest BCUT2D eigenvalue weighted by Gasteiger charge is -2.39. The van der Waals surface area contributed by atoms with Gasteiger partial charge in [0.1, 0.15) is 5.54 Å². The molecule has 1 unspecified atom stereocenters. The molecule has 1 heterocycles. The normalized spacial score (nSPS) is 18.8. The van der Waals surface area contributed by atoms with E-state index in [1.165, 1.54) is 5.69 Å². The summed E-state index contributed by atoms with van der Waals surface area (Å²) >= 11 is 0. The first kappa shape index (κ1) is 24.1. The van der Waals surface area contributed by atoms with Gasteiger partial charge in [-0.25, -0.2) is 4.79 Å². The highest BCUT2D eigenvalue weighted by Gasteiger charge is 2.42. The van der Waals surface area contributed by atoms with Gasteiger partial charge in [0, 0.05) is 51.0 Å². The van der Waals surface area contributed by atoms with Crippen LogP contribution in [0.25, 0.3) is 0 Å². The molecular weight excluding hydrogens is 426 g/mol. The molecule has 1 saturated heterocycles. The minimum Gasteiger partial charge on any atom is -0.369 e. The van der Waals surface area contributed by atoms with Crippen LogP contribution in [0.1, 0.15) is 38.2 Å². The Hall–Kier alpha value is -3.06. The average molecular weight is 464 g/mol. The summed E-state index contributed by atoms with van der Waals surface area (Å²) in [6.07, 6.45) is 3.26. The molecule has 7 nitrogen and oxygen atoms in total. The number of nitrogens with zero attached hydrogens (tertiary/aromatic N) is 2. The maximum absolute atomic E-state index is 13.2. The molecule has 182 valence electrons. The average Bonchev–Trinajstić information content (AvgIpc) is 3.36. The Balaban J connectivity index is 1.24. The van der Waals surface area contributed by atoms with Gasteiger partial charge in [-0.1, -0.05) is 61.4 Å². The standard InChI is InChI=1S/C27H37N5O2/c1-22(31-16-18-32(19-17-31)24-12-6-3-7-13-24)20-28-25(33)27(14-8-9-15-27)30-26(34)29-21-23-10-4-2-5-11-23/h2-7,10-13,22H,8-9,14-21H2,1H3,(H,28,33)(H2,29,30,34). The van der Waals surface area contributed by atoms with Crippen LogP contribution in [0, 0.1) is 0 Å². The van der Waals surface area contributed by atoms with E-state index in [9.17, 15) is 9.59 Å². The van der Waals surface area contributed by atoms with E-state index in [-0.39, 0.29) is 18.0 Å². The van der Waals surface area contributed by atoms with Crippen molar-refractivity contribution < 1.29 is 9.59 Å². The number of amides is 3. The number of hydrogen-bond acceptors (Lipinski definition) is 4. The molecule has 1 aliphatic carbocycles. The van der Waals surface area contributed by atoms with Gasteiger partial charge in [-0.3, -0.25) is 9.69 Å².